The number of hydrogen-bond donors (Lipinski definition) is 1. The molecule has 1 heterocycles. The molecule has 2 rings (SSSR count). The maximum Gasteiger partial charge on any atom is 0.307 e. The number of ether oxygens (including phenoxy) is 2. The standard InChI is InChI=1S/C13H16O4/c14-12(15)9-10-4-6-11(7-5-10)17-13-3-1-2-8-16-13/h4-7,13H,1-3,8-9H2,(H,14,15)/t13-/m0/s1. The number of carboxylic acids is 1. The lowest BCUT2D eigenvalue weighted by atomic mass is 10.1. The van der Waals surface area contributed by atoms with E-state index in [1.165, 1.54) is 0 Å². The minimum Gasteiger partial charge on any atom is -0.481 e. The van der Waals surface area contributed by atoms with E-state index in [9.17, 15) is 4.79 Å². The molecule has 0 unspecified atom stereocenters. The lowest BCUT2D eigenvalue weighted by molar-refractivity contribution is -0.136. The van der Waals surface area contributed by atoms with Crippen LogP contribution in [0.15, 0.2) is 24.3 Å². The Morgan fingerprint density at radius 3 is 2.71 bits per heavy atom. The van der Waals surface area contributed by atoms with Crippen molar-refractivity contribution in [2.24, 2.45) is 0 Å². The number of hydrogen-bond acceptors (Lipinski definition) is 3. The molecule has 0 aliphatic carbocycles. The molecule has 1 fully saturated rings. The Hall–Kier alpha value is -1.55. The topological polar surface area (TPSA) is 55.8 Å². The van der Waals surface area contributed by atoms with Crippen molar-refractivity contribution in [2.75, 3.05) is 6.61 Å². The molecule has 0 aromatic heterocycles. The molecule has 0 amide bonds. The van der Waals surface area contributed by atoms with Gasteiger partial charge in [0.05, 0.1) is 13.0 Å². The minimum atomic E-state index is -0.825. The second-order valence-electron chi connectivity index (χ2n) is 4.13. The highest BCUT2D eigenvalue weighted by Crippen LogP contribution is 2.19. The van der Waals surface area contributed by atoms with Gasteiger partial charge in [0.15, 0.2) is 6.29 Å². The molecule has 1 aliphatic rings. The van der Waals surface area contributed by atoms with Gasteiger partial charge in [-0.15, -0.1) is 0 Å². The highest BCUT2D eigenvalue weighted by Gasteiger charge is 2.14. The molecule has 0 bridgehead atoms. The molecule has 4 heteroatoms. The van der Waals surface area contributed by atoms with Crippen LogP contribution >= 0.6 is 0 Å². The van der Waals surface area contributed by atoms with Crippen LogP contribution in [0.3, 0.4) is 0 Å². The highest BCUT2D eigenvalue weighted by atomic mass is 16.7. The van der Waals surface area contributed by atoms with Gasteiger partial charge < -0.3 is 14.6 Å². The van der Waals surface area contributed by atoms with Gasteiger partial charge in [0, 0.05) is 6.42 Å². The van der Waals surface area contributed by atoms with Crippen molar-refractivity contribution < 1.29 is 19.4 Å². The van der Waals surface area contributed by atoms with Crippen LogP contribution in [0, 0.1) is 0 Å². The molecule has 1 aliphatic heterocycles. The fourth-order valence-electron chi connectivity index (χ4n) is 1.82. The smallest absolute Gasteiger partial charge is 0.307 e. The summed E-state index contributed by atoms with van der Waals surface area (Å²) in [5.74, 6) is -0.0969. The van der Waals surface area contributed by atoms with Gasteiger partial charge in [-0.05, 0) is 30.5 Å². The van der Waals surface area contributed by atoms with Gasteiger partial charge in [-0.25, -0.2) is 0 Å². The summed E-state index contributed by atoms with van der Waals surface area (Å²) in [4.78, 5) is 10.5. The molecule has 4 nitrogen and oxygen atoms in total. The van der Waals surface area contributed by atoms with Crippen molar-refractivity contribution in [3.05, 3.63) is 29.8 Å². The van der Waals surface area contributed by atoms with Crippen LogP contribution in [0.5, 0.6) is 5.75 Å². The summed E-state index contributed by atoms with van der Waals surface area (Å²) in [6, 6.07) is 7.12. The van der Waals surface area contributed by atoms with E-state index in [4.69, 9.17) is 14.6 Å². The zero-order chi connectivity index (χ0) is 12.1. The van der Waals surface area contributed by atoms with Gasteiger partial charge in [0.1, 0.15) is 5.75 Å². The monoisotopic (exact) mass is 236 g/mol. The van der Waals surface area contributed by atoms with Crippen molar-refractivity contribution in [3.8, 4) is 5.75 Å². The number of rotatable bonds is 4. The van der Waals surface area contributed by atoms with Crippen molar-refractivity contribution in [3.63, 3.8) is 0 Å². The zero-order valence-corrected chi connectivity index (χ0v) is 9.59. The first-order valence-corrected chi connectivity index (χ1v) is 5.83. The Bertz CT molecular complexity index is 366. The molecular formula is C13H16O4. The van der Waals surface area contributed by atoms with E-state index in [1.54, 1.807) is 24.3 Å². The second kappa shape index (κ2) is 5.68. The fraction of sp³-hybridized carbons (Fsp3) is 0.462. The molecule has 1 atom stereocenters. The van der Waals surface area contributed by atoms with E-state index in [2.05, 4.69) is 0 Å². The summed E-state index contributed by atoms with van der Waals surface area (Å²) in [5, 5.41) is 8.65. The molecule has 1 aromatic rings. The van der Waals surface area contributed by atoms with Crippen LogP contribution in [-0.2, 0) is 16.0 Å². The number of carbonyl (C=O) groups is 1. The first kappa shape index (κ1) is 11.9. The highest BCUT2D eigenvalue weighted by molar-refractivity contribution is 5.70. The molecule has 1 aromatic carbocycles. The SMILES string of the molecule is O=C(O)Cc1ccc(O[C@H]2CCCCO2)cc1. The number of benzene rings is 1. The van der Waals surface area contributed by atoms with Crippen LogP contribution < -0.4 is 4.74 Å². The third-order valence-corrected chi connectivity index (χ3v) is 2.68. The molecule has 0 saturated carbocycles. The normalized spacial score (nSPS) is 19.9. The number of aliphatic carboxylic acids is 1. The van der Waals surface area contributed by atoms with Crippen molar-refractivity contribution in [2.45, 2.75) is 32.0 Å². The Labute approximate surface area is 100 Å². The lowest BCUT2D eigenvalue weighted by Gasteiger charge is -2.23. The van der Waals surface area contributed by atoms with Gasteiger partial charge in [-0.3, -0.25) is 4.79 Å². The van der Waals surface area contributed by atoms with Crippen molar-refractivity contribution in [1.82, 2.24) is 0 Å². The molecular weight excluding hydrogens is 220 g/mol. The summed E-state index contributed by atoms with van der Waals surface area (Å²) >= 11 is 0. The fourth-order valence-corrected chi connectivity index (χ4v) is 1.82. The minimum absolute atomic E-state index is 0.0419. The molecule has 17 heavy (non-hydrogen) atoms. The zero-order valence-electron chi connectivity index (χ0n) is 9.59. The Balaban J connectivity index is 1.90. The van der Waals surface area contributed by atoms with Gasteiger partial charge in [0.25, 0.3) is 0 Å². The number of carboxylic acid groups (broad SMARTS) is 1. The molecule has 92 valence electrons. The van der Waals surface area contributed by atoms with Crippen LogP contribution in [0.4, 0.5) is 0 Å². The predicted molar refractivity (Wildman–Crippen MR) is 62.0 cm³/mol. The Kier molecular flexibility index (Phi) is 3.98. The van der Waals surface area contributed by atoms with Crippen molar-refractivity contribution >= 4 is 5.97 Å². The summed E-state index contributed by atoms with van der Waals surface area (Å²) in [5.41, 5.74) is 0.773. The predicted octanol–water partition coefficient (Wildman–Crippen LogP) is 2.22. The quantitative estimate of drug-likeness (QED) is 0.870. The second-order valence-corrected chi connectivity index (χ2v) is 4.13. The first-order valence-electron chi connectivity index (χ1n) is 5.83. The van der Waals surface area contributed by atoms with Crippen LogP contribution in [0.25, 0.3) is 0 Å². The third kappa shape index (κ3) is 3.75. The van der Waals surface area contributed by atoms with Gasteiger partial charge in [-0.1, -0.05) is 12.1 Å². The van der Waals surface area contributed by atoms with Gasteiger partial charge in [-0.2, -0.15) is 0 Å². The van der Waals surface area contributed by atoms with Crippen LogP contribution in [0.1, 0.15) is 24.8 Å². The average molecular weight is 236 g/mol. The molecule has 1 saturated heterocycles. The Morgan fingerprint density at radius 2 is 2.12 bits per heavy atom. The van der Waals surface area contributed by atoms with E-state index in [0.717, 1.165) is 37.2 Å². The van der Waals surface area contributed by atoms with E-state index >= 15 is 0 Å². The van der Waals surface area contributed by atoms with Crippen LogP contribution in [-0.4, -0.2) is 24.0 Å². The molecule has 0 radical (unpaired) electrons. The maximum atomic E-state index is 10.5. The van der Waals surface area contributed by atoms with E-state index in [-0.39, 0.29) is 12.7 Å². The van der Waals surface area contributed by atoms with Crippen LogP contribution in [0.2, 0.25) is 0 Å². The van der Waals surface area contributed by atoms with Crippen molar-refractivity contribution in [1.29, 1.82) is 0 Å². The summed E-state index contributed by atoms with van der Waals surface area (Å²) in [7, 11) is 0. The largest absolute Gasteiger partial charge is 0.481 e. The average Bonchev–Trinajstić information content (AvgIpc) is 2.32. The molecule has 1 N–H and O–H groups in total. The van der Waals surface area contributed by atoms with E-state index in [0.29, 0.717) is 0 Å². The summed E-state index contributed by atoms with van der Waals surface area (Å²) in [6.07, 6.45) is 3.02. The molecule has 0 spiro atoms. The first-order chi connectivity index (χ1) is 8.24. The Morgan fingerprint density at radius 1 is 1.35 bits per heavy atom. The van der Waals surface area contributed by atoms with Gasteiger partial charge >= 0.3 is 5.97 Å². The van der Waals surface area contributed by atoms with E-state index in [1.807, 2.05) is 0 Å². The summed E-state index contributed by atoms with van der Waals surface area (Å²) < 4.78 is 11.1. The summed E-state index contributed by atoms with van der Waals surface area (Å²) in [6.45, 7) is 0.752. The third-order valence-electron chi connectivity index (χ3n) is 2.68. The van der Waals surface area contributed by atoms with E-state index < -0.39 is 5.97 Å². The maximum absolute atomic E-state index is 10.5. The lowest BCUT2D eigenvalue weighted by Crippen LogP contribution is -2.24. The van der Waals surface area contributed by atoms with Gasteiger partial charge in [0.2, 0.25) is 0 Å².